The van der Waals surface area contributed by atoms with Gasteiger partial charge in [-0.2, -0.15) is 0 Å². The molecule has 1 aliphatic heterocycles. The van der Waals surface area contributed by atoms with Gasteiger partial charge in [-0.15, -0.1) is 0 Å². The van der Waals surface area contributed by atoms with E-state index in [2.05, 4.69) is 20.8 Å². The number of carbonyl (C=O) groups is 2. The van der Waals surface area contributed by atoms with Crippen LogP contribution in [0, 0.1) is 11.3 Å². The summed E-state index contributed by atoms with van der Waals surface area (Å²) in [6.07, 6.45) is 0.537. The van der Waals surface area contributed by atoms with E-state index in [4.69, 9.17) is 4.74 Å². The predicted molar refractivity (Wildman–Crippen MR) is 81.5 cm³/mol. The largest absolute Gasteiger partial charge is 0.497 e. The van der Waals surface area contributed by atoms with Gasteiger partial charge in [-0.1, -0.05) is 32.9 Å². The zero-order valence-corrected chi connectivity index (χ0v) is 13.2. The van der Waals surface area contributed by atoms with Crippen LogP contribution in [0.3, 0.4) is 0 Å². The Morgan fingerprint density at radius 2 is 2.10 bits per heavy atom. The molecule has 0 bridgehead atoms. The second kappa shape index (κ2) is 5.88. The van der Waals surface area contributed by atoms with Gasteiger partial charge in [0.15, 0.2) is 5.78 Å². The summed E-state index contributed by atoms with van der Waals surface area (Å²) in [4.78, 5) is 26.1. The maximum absolute atomic E-state index is 12.3. The quantitative estimate of drug-likeness (QED) is 0.801. The lowest BCUT2D eigenvalue weighted by atomic mass is 9.80. The molecule has 1 fully saturated rings. The molecule has 1 aromatic rings. The van der Waals surface area contributed by atoms with Crippen LogP contribution >= 0.6 is 0 Å². The molecule has 1 saturated heterocycles. The molecule has 0 saturated carbocycles. The molecule has 0 N–H and O–H groups in total. The molecule has 0 radical (unpaired) electrons. The number of hydrogen-bond acceptors (Lipinski definition) is 3. The van der Waals surface area contributed by atoms with Gasteiger partial charge in [0, 0.05) is 18.5 Å². The van der Waals surface area contributed by atoms with Crippen molar-refractivity contribution in [3.8, 4) is 5.75 Å². The van der Waals surface area contributed by atoms with E-state index >= 15 is 0 Å². The number of methoxy groups -OCH3 is 1. The average molecular weight is 289 g/mol. The number of ether oxygens (including phenoxy) is 1. The van der Waals surface area contributed by atoms with Crippen LogP contribution in [0.2, 0.25) is 0 Å². The Morgan fingerprint density at radius 1 is 1.38 bits per heavy atom. The molecule has 0 spiro atoms. The Labute approximate surface area is 126 Å². The summed E-state index contributed by atoms with van der Waals surface area (Å²) < 4.78 is 5.13. The summed E-state index contributed by atoms with van der Waals surface area (Å²) in [5, 5.41) is 0. The normalized spacial score (nSPS) is 19.0. The van der Waals surface area contributed by atoms with Crippen molar-refractivity contribution in [2.75, 3.05) is 20.2 Å². The summed E-state index contributed by atoms with van der Waals surface area (Å²) in [5.74, 6) is 0.993. The first-order valence-electron chi connectivity index (χ1n) is 7.26. The second-order valence-corrected chi connectivity index (χ2v) is 6.70. The highest BCUT2D eigenvalue weighted by atomic mass is 16.5. The van der Waals surface area contributed by atoms with Crippen molar-refractivity contribution in [3.63, 3.8) is 0 Å². The molecule has 1 heterocycles. The smallest absolute Gasteiger partial charge is 0.223 e. The van der Waals surface area contributed by atoms with Crippen LogP contribution in [-0.4, -0.2) is 36.8 Å². The number of benzene rings is 1. The molecule has 0 aromatic heterocycles. The first-order chi connectivity index (χ1) is 9.81. The van der Waals surface area contributed by atoms with E-state index in [9.17, 15) is 9.59 Å². The molecule has 0 aliphatic carbocycles. The Bertz CT molecular complexity index is 545. The highest BCUT2D eigenvalue weighted by Gasteiger charge is 2.37. The predicted octanol–water partition coefficient (Wildman–Crippen LogP) is 2.77. The third kappa shape index (κ3) is 3.63. The minimum Gasteiger partial charge on any atom is -0.497 e. The van der Waals surface area contributed by atoms with Gasteiger partial charge in [-0.25, -0.2) is 0 Å². The topological polar surface area (TPSA) is 46.6 Å². The molecule has 1 aromatic carbocycles. The highest BCUT2D eigenvalue weighted by molar-refractivity contribution is 5.99. The fraction of sp³-hybridized carbons (Fsp3) is 0.529. The number of hydrogen-bond donors (Lipinski definition) is 0. The Balaban J connectivity index is 2.04. The molecule has 2 rings (SSSR count). The average Bonchev–Trinajstić information content (AvgIpc) is 2.80. The first-order valence-corrected chi connectivity index (χ1v) is 7.26. The lowest BCUT2D eigenvalue weighted by Gasteiger charge is -2.26. The SMILES string of the molecule is COc1cccc(C(=O)CN2CC(C(C)(C)C)CC2=O)c1. The standard InChI is InChI=1S/C17H23NO3/c1-17(2,3)13-9-16(20)18(10-13)11-15(19)12-6-5-7-14(8-12)21-4/h5-8,13H,9-11H2,1-4H3. The number of ketones is 1. The molecule has 21 heavy (non-hydrogen) atoms. The van der Waals surface area contributed by atoms with E-state index in [1.165, 1.54) is 0 Å². The first kappa shape index (κ1) is 15.5. The van der Waals surface area contributed by atoms with Gasteiger partial charge in [-0.05, 0) is 23.5 Å². The monoisotopic (exact) mass is 289 g/mol. The van der Waals surface area contributed by atoms with Crippen molar-refractivity contribution in [2.45, 2.75) is 27.2 Å². The Kier molecular flexibility index (Phi) is 4.35. The van der Waals surface area contributed by atoms with Gasteiger partial charge >= 0.3 is 0 Å². The van der Waals surface area contributed by atoms with Crippen molar-refractivity contribution in [1.29, 1.82) is 0 Å². The van der Waals surface area contributed by atoms with Crippen molar-refractivity contribution in [2.24, 2.45) is 11.3 Å². The van der Waals surface area contributed by atoms with Crippen LogP contribution in [0.5, 0.6) is 5.75 Å². The maximum atomic E-state index is 12.3. The summed E-state index contributed by atoms with van der Waals surface area (Å²) >= 11 is 0. The molecule has 1 atom stereocenters. The van der Waals surface area contributed by atoms with E-state index in [0.29, 0.717) is 30.2 Å². The Hall–Kier alpha value is -1.84. The van der Waals surface area contributed by atoms with E-state index in [1.807, 2.05) is 0 Å². The fourth-order valence-corrected chi connectivity index (χ4v) is 2.57. The van der Waals surface area contributed by atoms with Crippen LogP contribution in [0.4, 0.5) is 0 Å². The summed E-state index contributed by atoms with van der Waals surface area (Å²) in [6.45, 7) is 7.23. The minimum atomic E-state index is -0.0446. The molecular formula is C17H23NO3. The van der Waals surface area contributed by atoms with E-state index in [0.717, 1.165) is 0 Å². The minimum absolute atomic E-state index is 0.0446. The zero-order chi connectivity index (χ0) is 15.6. The van der Waals surface area contributed by atoms with E-state index in [1.54, 1.807) is 36.3 Å². The van der Waals surface area contributed by atoms with Gasteiger partial charge in [-0.3, -0.25) is 9.59 Å². The number of amides is 1. The Morgan fingerprint density at radius 3 is 2.67 bits per heavy atom. The summed E-state index contributed by atoms with van der Waals surface area (Å²) in [6, 6.07) is 7.06. The van der Waals surface area contributed by atoms with E-state index in [-0.39, 0.29) is 23.7 Å². The van der Waals surface area contributed by atoms with Gasteiger partial charge in [0.2, 0.25) is 5.91 Å². The van der Waals surface area contributed by atoms with Crippen LogP contribution in [0.25, 0.3) is 0 Å². The van der Waals surface area contributed by atoms with Crippen LogP contribution in [0.1, 0.15) is 37.6 Å². The van der Waals surface area contributed by atoms with Crippen molar-refractivity contribution in [3.05, 3.63) is 29.8 Å². The number of carbonyl (C=O) groups excluding carboxylic acids is 2. The van der Waals surface area contributed by atoms with Gasteiger partial charge < -0.3 is 9.64 Å². The number of rotatable bonds is 4. The van der Waals surface area contributed by atoms with Gasteiger partial charge in [0.1, 0.15) is 5.75 Å². The third-order valence-corrected chi connectivity index (χ3v) is 4.17. The molecule has 114 valence electrons. The van der Waals surface area contributed by atoms with Gasteiger partial charge in [0.05, 0.1) is 13.7 Å². The van der Waals surface area contributed by atoms with Crippen LogP contribution < -0.4 is 4.74 Å². The maximum Gasteiger partial charge on any atom is 0.223 e. The van der Waals surface area contributed by atoms with Crippen molar-refractivity contribution >= 4 is 11.7 Å². The lowest BCUT2D eigenvalue weighted by Crippen LogP contribution is -2.32. The van der Waals surface area contributed by atoms with Crippen molar-refractivity contribution in [1.82, 2.24) is 4.90 Å². The lowest BCUT2D eigenvalue weighted by molar-refractivity contribution is -0.127. The molecular weight excluding hydrogens is 266 g/mol. The molecule has 1 amide bonds. The summed E-state index contributed by atoms with van der Waals surface area (Å²) in [7, 11) is 1.57. The van der Waals surface area contributed by atoms with E-state index < -0.39 is 0 Å². The molecule has 1 aliphatic rings. The molecule has 4 heteroatoms. The number of likely N-dealkylation sites (tertiary alicyclic amines) is 1. The van der Waals surface area contributed by atoms with Crippen LogP contribution in [0.15, 0.2) is 24.3 Å². The van der Waals surface area contributed by atoms with Gasteiger partial charge in [0.25, 0.3) is 0 Å². The molecule has 1 unspecified atom stereocenters. The zero-order valence-electron chi connectivity index (χ0n) is 13.2. The highest BCUT2D eigenvalue weighted by Crippen LogP contribution is 2.34. The third-order valence-electron chi connectivity index (χ3n) is 4.17. The summed E-state index contributed by atoms with van der Waals surface area (Å²) in [5.41, 5.74) is 0.671. The van der Waals surface area contributed by atoms with Crippen molar-refractivity contribution < 1.29 is 14.3 Å². The molecule has 4 nitrogen and oxygen atoms in total. The fourth-order valence-electron chi connectivity index (χ4n) is 2.57. The van der Waals surface area contributed by atoms with Crippen LogP contribution in [-0.2, 0) is 4.79 Å². The number of nitrogens with zero attached hydrogens (tertiary/aromatic N) is 1. The second-order valence-electron chi connectivity index (χ2n) is 6.70. The number of Topliss-reactive ketones (excluding diaryl/α,β-unsaturated/α-hetero) is 1.